The first kappa shape index (κ1) is 18.6. The maximum absolute atomic E-state index is 12.2. The molecule has 0 aliphatic heterocycles. The lowest BCUT2D eigenvalue weighted by molar-refractivity contribution is -0.143. The third-order valence-electron chi connectivity index (χ3n) is 2.90. The number of rotatable bonds is 7. The Morgan fingerprint density at radius 3 is 2.72 bits per heavy atom. The molecule has 1 N–H and O–H groups in total. The number of aromatic nitrogens is 1. The number of benzene rings is 1. The zero-order valence-electron chi connectivity index (χ0n) is 12.7. The average Bonchev–Trinajstić information content (AvgIpc) is 2.59. The molecule has 0 bridgehead atoms. The van der Waals surface area contributed by atoms with Gasteiger partial charge in [-0.3, -0.25) is 9.59 Å². The highest BCUT2D eigenvalue weighted by Crippen LogP contribution is 2.15. The largest absolute Gasteiger partial charge is 0.459 e. The second kappa shape index (κ2) is 8.93. The quantitative estimate of drug-likeness (QED) is 0.599. The van der Waals surface area contributed by atoms with Crippen molar-refractivity contribution in [3.8, 4) is 5.75 Å². The van der Waals surface area contributed by atoms with E-state index in [1.54, 1.807) is 12.1 Å². The highest BCUT2D eigenvalue weighted by Gasteiger charge is 2.11. The molecule has 0 spiro atoms. The van der Waals surface area contributed by atoms with Crippen molar-refractivity contribution in [3.05, 3.63) is 58.9 Å². The van der Waals surface area contributed by atoms with Crippen LogP contribution in [0.3, 0.4) is 0 Å². The van der Waals surface area contributed by atoms with E-state index in [1.807, 2.05) is 0 Å². The number of halogens is 3. The zero-order chi connectivity index (χ0) is 18.2. The lowest BCUT2D eigenvalue weighted by atomic mass is 10.2. The van der Waals surface area contributed by atoms with Gasteiger partial charge in [0.25, 0.3) is 5.91 Å². The summed E-state index contributed by atoms with van der Waals surface area (Å²) >= 11 is 5.64. The van der Waals surface area contributed by atoms with Gasteiger partial charge in [-0.15, -0.1) is 0 Å². The Morgan fingerprint density at radius 1 is 1.24 bits per heavy atom. The molecular weight excluding hydrogens is 358 g/mol. The van der Waals surface area contributed by atoms with Gasteiger partial charge in [0.2, 0.25) is 0 Å². The Hall–Kier alpha value is -2.74. The average molecular weight is 371 g/mol. The van der Waals surface area contributed by atoms with E-state index in [4.69, 9.17) is 16.3 Å². The summed E-state index contributed by atoms with van der Waals surface area (Å²) < 4.78 is 33.5. The second-order valence-electron chi connectivity index (χ2n) is 4.74. The van der Waals surface area contributed by atoms with Gasteiger partial charge in [-0.2, -0.15) is 8.78 Å². The van der Waals surface area contributed by atoms with Gasteiger partial charge < -0.3 is 14.8 Å². The third kappa shape index (κ3) is 6.34. The number of nitrogens with zero attached hydrogens (tertiary/aromatic N) is 1. The molecule has 1 aromatic heterocycles. The van der Waals surface area contributed by atoms with E-state index in [1.165, 1.54) is 24.4 Å². The monoisotopic (exact) mass is 370 g/mol. The van der Waals surface area contributed by atoms with Crippen molar-refractivity contribution in [2.24, 2.45) is 0 Å². The molecule has 6 nitrogen and oxygen atoms in total. The van der Waals surface area contributed by atoms with E-state index in [0.29, 0.717) is 10.7 Å². The molecule has 25 heavy (non-hydrogen) atoms. The van der Waals surface area contributed by atoms with Crippen molar-refractivity contribution in [1.29, 1.82) is 0 Å². The number of hydrogen-bond donors (Lipinski definition) is 1. The summed E-state index contributed by atoms with van der Waals surface area (Å²) in [5.74, 6) is -1.44. The van der Waals surface area contributed by atoms with Crippen LogP contribution in [0.5, 0.6) is 5.75 Å². The topological polar surface area (TPSA) is 77.5 Å². The Labute approximate surface area is 146 Å². The number of hydrogen-bond acceptors (Lipinski definition) is 5. The van der Waals surface area contributed by atoms with Crippen molar-refractivity contribution in [2.75, 3.05) is 6.54 Å². The number of ether oxygens (including phenoxy) is 2. The Kier molecular flexibility index (Phi) is 6.64. The first-order valence-corrected chi connectivity index (χ1v) is 7.41. The van der Waals surface area contributed by atoms with Crippen LogP contribution in [-0.4, -0.2) is 30.0 Å². The molecule has 0 aliphatic carbocycles. The molecule has 9 heteroatoms. The van der Waals surface area contributed by atoms with Crippen molar-refractivity contribution >= 4 is 23.5 Å². The minimum Gasteiger partial charge on any atom is -0.459 e. The van der Waals surface area contributed by atoms with Gasteiger partial charge in [0, 0.05) is 17.3 Å². The second-order valence-corrected chi connectivity index (χ2v) is 5.13. The summed E-state index contributed by atoms with van der Waals surface area (Å²) in [4.78, 5) is 27.4. The van der Waals surface area contributed by atoms with E-state index in [-0.39, 0.29) is 24.5 Å². The van der Waals surface area contributed by atoms with Crippen LogP contribution in [-0.2, 0) is 16.1 Å². The molecule has 1 amide bonds. The van der Waals surface area contributed by atoms with Gasteiger partial charge in [-0.1, -0.05) is 23.7 Å². The van der Waals surface area contributed by atoms with E-state index in [0.717, 1.165) is 6.07 Å². The van der Waals surface area contributed by atoms with Crippen LogP contribution in [0.4, 0.5) is 8.78 Å². The van der Waals surface area contributed by atoms with Gasteiger partial charge in [0.05, 0.1) is 0 Å². The first-order chi connectivity index (χ1) is 11.9. The number of esters is 1. The van der Waals surface area contributed by atoms with Crippen molar-refractivity contribution in [3.63, 3.8) is 0 Å². The molecule has 0 atom stereocenters. The predicted octanol–water partition coefficient (Wildman–Crippen LogP) is 2.81. The summed E-state index contributed by atoms with van der Waals surface area (Å²) in [6, 6.07) is 8.43. The summed E-state index contributed by atoms with van der Waals surface area (Å²) in [6.07, 6.45) is 1.46. The summed E-state index contributed by atoms with van der Waals surface area (Å²) in [5, 5.41) is 2.65. The predicted molar refractivity (Wildman–Crippen MR) is 84.5 cm³/mol. The summed E-state index contributed by atoms with van der Waals surface area (Å²) in [6.45, 7) is -3.38. The van der Waals surface area contributed by atoms with Crippen molar-refractivity contribution in [2.45, 2.75) is 13.2 Å². The van der Waals surface area contributed by atoms with E-state index >= 15 is 0 Å². The summed E-state index contributed by atoms with van der Waals surface area (Å²) in [5.41, 5.74) is 0.716. The molecule has 1 aromatic carbocycles. The highest BCUT2D eigenvalue weighted by molar-refractivity contribution is 6.29. The molecule has 0 unspecified atom stereocenters. The fraction of sp³-hybridized carbons (Fsp3) is 0.188. The molecule has 0 aliphatic rings. The lowest BCUT2D eigenvalue weighted by Crippen LogP contribution is -2.30. The van der Waals surface area contributed by atoms with Gasteiger partial charge in [0.15, 0.2) is 0 Å². The molecule has 0 saturated carbocycles. The number of carbonyl (C=O) groups excluding carboxylic acids is 2. The molecule has 0 saturated heterocycles. The molecular formula is C16H13ClF2N2O4. The van der Waals surface area contributed by atoms with Crippen LogP contribution in [0.1, 0.15) is 15.9 Å². The Balaban J connectivity index is 1.80. The number of alkyl halides is 2. The standard InChI is InChI=1S/C16H13ClF2N2O4/c17-13-5-4-10(7-20-13)9-24-14(22)8-21-15(23)11-2-1-3-12(6-11)25-16(18)19/h1-7,16H,8-9H2,(H,21,23). The number of carbonyl (C=O) groups is 2. The third-order valence-corrected chi connectivity index (χ3v) is 3.13. The SMILES string of the molecule is O=C(CNC(=O)c1cccc(OC(F)F)c1)OCc1ccc(Cl)nc1. The van der Waals surface area contributed by atoms with Crippen LogP contribution in [0, 0.1) is 0 Å². The number of amides is 1. The van der Waals surface area contributed by atoms with Crippen LogP contribution in [0.25, 0.3) is 0 Å². The normalized spacial score (nSPS) is 10.4. The van der Waals surface area contributed by atoms with Crippen molar-refractivity contribution < 1.29 is 27.8 Å². The fourth-order valence-electron chi connectivity index (χ4n) is 1.77. The van der Waals surface area contributed by atoms with Crippen LogP contribution in [0.15, 0.2) is 42.6 Å². The maximum atomic E-state index is 12.2. The smallest absolute Gasteiger partial charge is 0.387 e. The molecule has 0 fully saturated rings. The minimum absolute atomic E-state index is 0.0173. The first-order valence-electron chi connectivity index (χ1n) is 7.03. The Morgan fingerprint density at radius 2 is 2.04 bits per heavy atom. The molecule has 2 aromatic rings. The van der Waals surface area contributed by atoms with Crippen molar-refractivity contribution in [1.82, 2.24) is 10.3 Å². The molecule has 2 rings (SSSR count). The minimum atomic E-state index is -2.99. The van der Waals surface area contributed by atoms with E-state index in [2.05, 4.69) is 15.0 Å². The van der Waals surface area contributed by atoms with Gasteiger partial charge in [0.1, 0.15) is 24.1 Å². The number of nitrogens with one attached hydrogen (secondary N) is 1. The van der Waals surface area contributed by atoms with Crippen LogP contribution < -0.4 is 10.1 Å². The summed E-state index contributed by atoms with van der Waals surface area (Å²) in [7, 11) is 0. The van der Waals surface area contributed by atoms with Crippen LogP contribution in [0.2, 0.25) is 5.15 Å². The van der Waals surface area contributed by atoms with E-state index < -0.39 is 18.5 Å². The Bertz CT molecular complexity index is 741. The van der Waals surface area contributed by atoms with E-state index in [9.17, 15) is 18.4 Å². The number of pyridine rings is 1. The zero-order valence-corrected chi connectivity index (χ0v) is 13.5. The molecule has 1 heterocycles. The lowest BCUT2D eigenvalue weighted by Gasteiger charge is -2.08. The highest BCUT2D eigenvalue weighted by atomic mass is 35.5. The molecule has 0 radical (unpaired) electrons. The molecule has 132 valence electrons. The van der Waals surface area contributed by atoms with Crippen LogP contribution >= 0.6 is 11.6 Å². The van der Waals surface area contributed by atoms with Gasteiger partial charge in [-0.05, 0) is 24.3 Å². The van der Waals surface area contributed by atoms with Gasteiger partial charge >= 0.3 is 12.6 Å². The fourth-order valence-corrected chi connectivity index (χ4v) is 1.89. The van der Waals surface area contributed by atoms with Gasteiger partial charge in [-0.25, -0.2) is 4.98 Å². The maximum Gasteiger partial charge on any atom is 0.387 e.